The van der Waals surface area contributed by atoms with Crippen LogP contribution >= 0.6 is 11.3 Å². The van der Waals surface area contributed by atoms with E-state index in [9.17, 15) is 4.79 Å². The number of carbonyl (C=O) groups excluding carboxylic acids is 1. The Morgan fingerprint density at radius 3 is 3.20 bits per heavy atom. The molecule has 1 atom stereocenters. The van der Waals surface area contributed by atoms with Crippen LogP contribution in [0.2, 0.25) is 0 Å². The van der Waals surface area contributed by atoms with Crippen molar-refractivity contribution in [1.29, 1.82) is 0 Å². The predicted octanol–water partition coefficient (Wildman–Crippen LogP) is 2.74. The Kier molecular flexibility index (Phi) is 4.16. The normalized spacial score (nSPS) is 19.2. The Morgan fingerprint density at radius 1 is 1.50 bits per heavy atom. The van der Waals surface area contributed by atoms with E-state index in [0.29, 0.717) is 12.5 Å². The summed E-state index contributed by atoms with van der Waals surface area (Å²) in [5, 5.41) is 8.49. The van der Waals surface area contributed by atoms with Gasteiger partial charge >= 0.3 is 0 Å². The van der Waals surface area contributed by atoms with Crippen molar-refractivity contribution in [1.82, 2.24) is 14.7 Å². The summed E-state index contributed by atoms with van der Waals surface area (Å²) in [6.07, 6.45) is 7.43. The van der Waals surface area contributed by atoms with Gasteiger partial charge in [-0.05, 0) is 47.7 Å². The van der Waals surface area contributed by atoms with E-state index in [1.54, 1.807) is 17.5 Å². The van der Waals surface area contributed by atoms with Crippen LogP contribution in [0.1, 0.15) is 30.9 Å². The molecule has 2 aromatic rings. The minimum Gasteiger partial charge on any atom is -0.341 e. The molecule has 3 rings (SSSR count). The fourth-order valence-electron chi connectivity index (χ4n) is 2.74. The van der Waals surface area contributed by atoms with Gasteiger partial charge in [0.05, 0.1) is 6.04 Å². The highest BCUT2D eigenvalue weighted by Gasteiger charge is 2.24. The maximum absolute atomic E-state index is 12.3. The van der Waals surface area contributed by atoms with Crippen LogP contribution in [0.4, 0.5) is 0 Å². The van der Waals surface area contributed by atoms with Crippen molar-refractivity contribution in [2.75, 3.05) is 13.1 Å². The van der Waals surface area contributed by atoms with Gasteiger partial charge in [-0.25, -0.2) is 0 Å². The zero-order valence-electron chi connectivity index (χ0n) is 11.4. The van der Waals surface area contributed by atoms with Gasteiger partial charge < -0.3 is 4.90 Å². The summed E-state index contributed by atoms with van der Waals surface area (Å²) in [4.78, 5) is 14.3. The Bertz CT molecular complexity index is 535. The van der Waals surface area contributed by atoms with Crippen molar-refractivity contribution in [3.63, 3.8) is 0 Å². The summed E-state index contributed by atoms with van der Waals surface area (Å²) in [7, 11) is 0. The molecule has 3 heterocycles. The largest absolute Gasteiger partial charge is 0.341 e. The van der Waals surface area contributed by atoms with E-state index < -0.39 is 0 Å². The van der Waals surface area contributed by atoms with Crippen LogP contribution < -0.4 is 0 Å². The number of thiophene rings is 1. The molecule has 4 nitrogen and oxygen atoms in total. The molecule has 0 N–H and O–H groups in total. The van der Waals surface area contributed by atoms with Crippen LogP contribution in [0.3, 0.4) is 0 Å². The predicted molar refractivity (Wildman–Crippen MR) is 79.7 cm³/mol. The zero-order chi connectivity index (χ0) is 13.8. The van der Waals surface area contributed by atoms with Crippen LogP contribution in [0.15, 0.2) is 35.3 Å². The highest BCUT2D eigenvalue weighted by Crippen LogP contribution is 2.21. The lowest BCUT2D eigenvalue weighted by Crippen LogP contribution is -2.40. The summed E-state index contributed by atoms with van der Waals surface area (Å²) in [6.45, 7) is 1.68. The van der Waals surface area contributed by atoms with Crippen LogP contribution in [0.5, 0.6) is 0 Å². The minimum absolute atomic E-state index is 0.271. The first kappa shape index (κ1) is 13.4. The Morgan fingerprint density at radius 2 is 2.45 bits per heavy atom. The van der Waals surface area contributed by atoms with Crippen molar-refractivity contribution in [3.8, 4) is 0 Å². The van der Waals surface area contributed by atoms with Crippen LogP contribution in [-0.2, 0) is 11.2 Å². The smallest absolute Gasteiger partial charge is 0.222 e. The summed E-state index contributed by atoms with van der Waals surface area (Å²) >= 11 is 1.69. The number of carbonyl (C=O) groups is 1. The molecule has 106 valence electrons. The average molecular weight is 289 g/mol. The lowest BCUT2D eigenvalue weighted by atomic mass is 10.0. The zero-order valence-corrected chi connectivity index (χ0v) is 12.3. The molecule has 1 fully saturated rings. The molecule has 0 bridgehead atoms. The van der Waals surface area contributed by atoms with Gasteiger partial charge in [0.1, 0.15) is 0 Å². The molecule has 1 unspecified atom stereocenters. The third kappa shape index (κ3) is 3.10. The second-order valence-electron chi connectivity index (χ2n) is 5.25. The maximum atomic E-state index is 12.3. The first-order valence-electron chi connectivity index (χ1n) is 7.11. The fourth-order valence-corrected chi connectivity index (χ4v) is 3.44. The van der Waals surface area contributed by atoms with Crippen molar-refractivity contribution in [2.45, 2.75) is 31.7 Å². The van der Waals surface area contributed by atoms with Crippen LogP contribution in [0.25, 0.3) is 0 Å². The number of aromatic nitrogens is 2. The van der Waals surface area contributed by atoms with E-state index >= 15 is 0 Å². The molecule has 0 radical (unpaired) electrons. The number of aryl methyl sites for hydroxylation is 1. The number of piperidine rings is 1. The second kappa shape index (κ2) is 6.22. The van der Waals surface area contributed by atoms with Gasteiger partial charge in [0.2, 0.25) is 5.91 Å². The summed E-state index contributed by atoms with van der Waals surface area (Å²) in [6, 6.07) is 4.38. The fraction of sp³-hybridized carbons (Fsp3) is 0.467. The molecule has 0 aliphatic carbocycles. The summed E-state index contributed by atoms with van der Waals surface area (Å²) in [5.74, 6) is 0.271. The van der Waals surface area contributed by atoms with Crippen molar-refractivity contribution in [3.05, 3.63) is 40.8 Å². The van der Waals surface area contributed by atoms with E-state index in [-0.39, 0.29) is 5.91 Å². The monoisotopic (exact) mass is 289 g/mol. The van der Waals surface area contributed by atoms with Gasteiger partial charge in [-0.3, -0.25) is 9.48 Å². The van der Waals surface area contributed by atoms with Crippen molar-refractivity contribution >= 4 is 17.2 Å². The quantitative estimate of drug-likeness (QED) is 0.868. The minimum atomic E-state index is 0.271. The lowest BCUT2D eigenvalue weighted by Gasteiger charge is -2.33. The van der Waals surface area contributed by atoms with Gasteiger partial charge in [0, 0.05) is 31.9 Å². The molecule has 0 saturated carbocycles. The molecule has 5 heteroatoms. The first-order chi connectivity index (χ1) is 9.83. The van der Waals surface area contributed by atoms with Gasteiger partial charge in [0.25, 0.3) is 0 Å². The van der Waals surface area contributed by atoms with E-state index in [1.807, 2.05) is 21.8 Å². The topological polar surface area (TPSA) is 38.1 Å². The molecule has 20 heavy (non-hydrogen) atoms. The number of hydrogen-bond acceptors (Lipinski definition) is 3. The highest BCUT2D eigenvalue weighted by atomic mass is 32.1. The Balaban J connectivity index is 1.55. The van der Waals surface area contributed by atoms with Gasteiger partial charge in [-0.15, -0.1) is 0 Å². The van der Waals surface area contributed by atoms with E-state index in [1.165, 1.54) is 5.56 Å². The first-order valence-corrected chi connectivity index (χ1v) is 8.05. The average Bonchev–Trinajstić information content (AvgIpc) is 3.18. The van der Waals surface area contributed by atoms with E-state index in [4.69, 9.17) is 0 Å². The van der Waals surface area contributed by atoms with Gasteiger partial charge in [0.15, 0.2) is 0 Å². The number of likely N-dealkylation sites (tertiary alicyclic amines) is 1. The molecular weight excluding hydrogens is 270 g/mol. The maximum Gasteiger partial charge on any atom is 0.222 e. The molecule has 0 spiro atoms. The number of hydrogen-bond donors (Lipinski definition) is 0. The molecule has 1 aliphatic heterocycles. The third-order valence-corrected chi connectivity index (χ3v) is 4.59. The summed E-state index contributed by atoms with van der Waals surface area (Å²) in [5.41, 5.74) is 1.27. The summed E-state index contributed by atoms with van der Waals surface area (Å²) < 4.78 is 1.98. The molecule has 0 aromatic carbocycles. The third-order valence-electron chi connectivity index (χ3n) is 3.86. The highest BCUT2D eigenvalue weighted by molar-refractivity contribution is 7.07. The lowest BCUT2D eigenvalue weighted by molar-refractivity contribution is -0.132. The standard InChI is InChI=1S/C15H19N3OS/c19-15(5-4-13-6-10-20-12-13)17-8-1-3-14(11-17)18-9-2-7-16-18/h2,6-7,9-10,12,14H,1,3-5,8,11H2. The SMILES string of the molecule is O=C(CCc1ccsc1)N1CCCC(n2cccn2)C1. The van der Waals surface area contributed by atoms with Gasteiger partial charge in [-0.2, -0.15) is 16.4 Å². The van der Waals surface area contributed by atoms with E-state index in [2.05, 4.69) is 21.9 Å². The van der Waals surface area contributed by atoms with Crippen LogP contribution in [0, 0.1) is 0 Å². The molecule has 2 aromatic heterocycles. The number of rotatable bonds is 4. The van der Waals surface area contributed by atoms with Gasteiger partial charge in [-0.1, -0.05) is 0 Å². The Labute approximate surface area is 123 Å². The molecule has 1 saturated heterocycles. The number of amides is 1. The Hall–Kier alpha value is -1.62. The van der Waals surface area contributed by atoms with E-state index in [0.717, 1.165) is 32.4 Å². The van der Waals surface area contributed by atoms with Crippen LogP contribution in [-0.4, -0.2) is 33.7 Å². The van der Waals surface area contributed by atoms with Crippen molar-refractivity contribution < 1.29 is 4.79 Å². The van der Waals surface area contributed by atoms with Crippen molar-refractivity contribution in [2.24, 2.45) is 0 Å². The molecular formula is C15H19N3OS. The number of nitrogens with zero attached hydrogens (tertiary/aromatic N) is 3. The molecule has 1 amide bonds. The molecule has 1 aliphatic rings. The second-order valence-corrected chi connectivity index (χ2v) is 6.03.